The Kier molecular flexibility index (Phi) is 5.20. The minimum Gasteiger partial charge on any atom is -0.345 e. The Balaban J connectivity index is 1.57. The van der Waals surface area contributed by atoms with Crippen LogP contribution in [0.2, 0.25) is 0 Å². The van der Waals surface area contributed by atoms with Gasteiger partial charge >= 0.3 is 0 Å². The lowest BCUT2D eigenvalue weighted by Crippen LogP contribution is -2.43. The third-order valence-electron chi connectivity index (χ3n) is 3.89. The normalized spacial score (nSPS) is 16.6. The van der Waals surface area contributed by atoms with Crippen molar-refractivity contribution in [2.24, 2.45) is 0 Å². The lowest BCUT2D eigenvalue weighted by Gasteiger charge is -2.31. The summed E-state index contributed by atoms with van der Waals surface area (Å²) in [4.78, 5) is 8.24. The summed E-state index contributed by atoms with van der Waals surface area (Å²) < 4.78 is 0. The van der Waals surface area contributed by atoms with Crippen molar-refractivity contribution in [1.82, 2.24) is 9.80 Å². The first-order valence-corrected chi connectivity index (χ1v) is 8.79. The van der Waals surface area contributed by atoms with Gasteiger partial charge in [-0.25, -0.2) is 0 Å². The van der Waals surface area contributed by atoms with Gasteiger partial charge < -0.3 is 10.2 Å². The van der Waals surface area contributed by atoms with Crippen molar-refractivity contribution in [3.63, 3.8) is 0 Å². The summed E-state index contributed by atoms with van der Waals surface area (Å²) in [7, 11) is 2.19. The number of piperazine rings is 1. The van der Waals surface area contributed by atoms with E-state index in [9.17, 15) is 0 Å². The number of thiocarbonyl (C=S) groups is 1. The molecule has 22 heavy (non-hydrogen) atoms. The standard InChI is InChI=1S/C17H21N3S2/c1-19-9-11-20(12-10-19)13-15-7-8-16(22-15)17(21)18-14-5-3-2-4-6-14/h2-8H,9-13H2,1H3,(H,18,21). The number of nitrogens with zero attached hydrogens (tertiary/aromatic N) is 2. The molecule has 0 unspecified atom stereocenters. The highest BCUT2D eigenvalue weighted by molar-refractivity contribution is 7.81. The average Bonchev–Trinajstić information content (AvgIpc) is 2.99. The maximum atomic E-state index is 5.51. The third-order valence-corrected chi connectivity index (χ3v) is 5.43. The topological polar surface area (TPSA) is 18.5 Å². The van der Waals surface area contributed by atoms with E-state index in [1.165, 1.54) is 4.88 Å². The fourth-order valence-electron chi connectivity index (χ4n) is 2.53. The number of nitrogens with one attached hydrogen (secondary N) is 1. The van der Waals surface area contributed by atoms with Crippen LogP contribution in [0, 0.1) is 0 Å². The minimum atomic E-state index is 0.806. The highest BCUT2D eigenvalue weighted by atomic mass is 32.1. The molecule has 2 heterocycles. The molecule has 1 aromatic carbocycles. The predicted molar refractivity (Wildman–Crippen MR) is 98.9 cm³/mol. The van der Waals surface area contributed by atoms with Crippen molar-refractivity contribution >= 4 is 34.2 Å². The monoisotopic (exact) mass is 331 g/mol. The zero-order chi connectivity index (χ0) is 15.4. The van der Waals surface area contributed by atoms with Gasteiger partial charge in [-0.2, -0.15) is 0 Å². The molecule has 3 nitrogen and oxygen atoms in total. The molecule has 1 saturated heterocycles. The van der Waals surface area contributed by atoms with Crippen LogP contribution in [0.1, 0.15) is 9.75 Å². The first-order valence-electron chi connectivity index (χ1n) is 7.57. The Bertz CT molecular complexity index is 616. The molecule has 0 amide bonds. The van der Waals surface area contributed by atoms with Crippen LogP contribution < -0.4 is 5.32 Å². The Labute approximate surface area is 141 Å². The van der Waals surface area contributed by atoms with E-state index in [1.807, 2.05) is 30.3 Å². The highest BCUT2D eigenvalue weighted by Crippen LogP contribution is 2.21. The zero-order valence-electron chi connectivity index (χ0n) is 12.8. The van der Waals surface area contributed by atoms with Gasteiger partial charge in [-0.1, -0.05) is 30.4 Å². The molecule has 3 rings (SSSR count). The quantitative estimate of drug-likeness (QED) is 0.866. The Morgan fingerprint density at radius 1 is 1.09 bits per heavy atom. The van der Waals surface area contributed by atoms with Gasteiger partial charge in [0.25, 0.3) is 0 Å². The van der Waals surface area contributed by atoms with E-state index in [1.54, 1.807) is 11.3 Å². The number of anilines is 1. The fraction of sp³-hybridized carbons (Fsp3) is 0.353. The summed E-state index contributed by atoms with van der Waals surface area (Å²) in [5, 5.41) is 3.30. The summed E-state index contributed by atoms with van der Waals surface area (Å²) in [5.74, 6) is 0. The van der Waals surface area contributed by atoms with Crippen molar-refractivity contribution < 1.29 is 0 Å². The van der Waals surface area contributed by atoms with E-state index >= 15 is 0 Å². The molecule has 0 bridgehead atoms. The smallest absolute Gasteiger partial charge is 0.121 e. The van der Waals surface area contributed by atoms with E-state index in [0.29, 0.717) is 0 Å². The first kappa shape index (κ1) is 15.6. The number of rotatable bonds is 4. The maximum Gasteiger partial charge on any atom is 0.121 e. The molecule has 1 aromatic heterocycles. The van der Waals surface area contributed by atoms with E-state index < -0.39 is 0 Å². The Hall–Kier alpha value is -1.27. The van der Waals surface area contributed by atoms with Crippen LogP contribution in [0.5, 0.6) is 0 Å². The first-order chi connectivity index (χ1) is 10.7. The van der Waals surface area contributed by atoms with Crippen molar-refractivity contribution in [2.75, 3.05) is 38.5 Å². The van der Waals surface area contributed by atoms with Crippen LogP contribution in [0.25, 0.3) is 0 Å². The lowest BCUT2D eigenvalue weighted by molar-refractivity contribution is 0.149. The zero-order valence-corrected chi connectivity index (χ0v) is 14.4. The Morgan fingerprint density at radius 3 is 2.55 bits per heavy atom. The second kappa shape index (κ2) is 7.33. The number of para-hydroxylation sites is 1. The van der Waals surface area contributed by atoms with E-state index in [-0.39, 0.29) is 0 Å². The lowest BCUT2D eigenvalue weighted by atomic mass is 10.3. The summed E-state index contributed by atoms with van der Waals surface area (Å²) in [6.45, 7) is 5.65. The fourth-order valence-corrected chi connectivity index (χ4v) is 3.78. The second-order valence-corrected chi connectivity index (χ2v) is 7.24. The molecule has 0 saturated carbocycles. The largest absolute Gasteiger partial charge is 0.345 e. The highest BCUT2D eigenvalue weighted by Gasteiger charge is 2.15. The van der Waals surface area contributed by atoms with Gasteiger partial charge in [0.05, 0.1) is 4.88 Å². The Morgan fingerprint density at radius 2 is 1.82 bits per heavy atom. The number of thiophene rings is 1. The molecule has 1 aliphatic rings. The number of benzene rings is 1. The molecule has 0 aliphatic carbocycles. The van der Waals surface area contributed by atoms with E-state index in [4.69, 9.17) is 12.2 Å². The summed E-state index contributed by atoms with van der Waals surface area (Å²) in [6, 6.07) is 14.4. The van der Waals surface area contributed by atoms with Crippen LogP contribution in [0.4, 0.5) is 5.69 Å². The second-order valence-electron chi connectivity index (χ2n) is 5.67. The third kappa shape index (κ3) is 4.14. The molecule has 0 atom stereocenters. The van der Waals surface area contributed by atoms with Gasteiger partial charge in [-0.3, -0.25) is 4.90 Å². The molecule has 0 radical (unpaired) electrons. The average molecular weight is 332 g/mol. The molecule has 0 spiro atoms. The SMILES string of the molecule is CN1CCN(Cc2ccc(C(=S)Nc3ccccc3)s2)CC1. The van der Waals surface area contributed by atoms with Gasteiger partial charge in [-0.05, 0) is 31.3 Å². The summed E-state index contributed by atoms with van der Waals surface area (Å²) in [6.07, 6.45) is 0. The molecule has 1 N–H and O–H groups in total. The van der Waals surface area contributed by atoms with Crippen molar-refractivity contribution in [2.45, 2.75) is 6.54 Å². The van der Waals surface area contributed by atoms with Crippen LogP contribution in [-0.4, -0.2) is 48.0 Å². The van der Waals surface area contributed by atoms with E-state index in [2.05, 4.69) is 34.3 Å². The molecular weight excluding hydrogens is 310 g/mol. The van der Waals surface area contributed by atoms with Gasteiger partial charge in [0.2, 0.25) is 0 Å². The molecular formula is C17H21N3S2. The van der Waals surface area contributed by atoms with Crippen molar-refractivity contribution in [3.8, 4) is 0 Å². The number of likely N-dealkylation sites (N-methyl/N-ethyl adjacent to an activating group) is 1. The van der Waals surface area contributed by atoms with Crippen molar-refractivity contribution in [1.29, 1.82) is 0 Å². The van der Waals surface area contributed by atoms with Gasteiger partial charge in [0.15, 0.2) is 0 Å². The number of hydrogen-bond acceptors (Lipinski definition) is 4. The summed E-state index contributed by atoms with van der Waals surface area (Å²) in [5.41, 5.74) is 1.04. The molecule has 1 fully saturated rings. The molecule has 2 aromatic rings. The van der Waals surface area contributed by atoms with Crippen LogP contribution in [0.3, 0.4) is 0 Å². The molecule has 116 valence electrons. The van der Waals surface area contributed by atoms with Gasteiger partial charge in [0.1, 0.15) is 4.99 Å². The maximum absolute atomic E-state index is 5.51. The van der Waals surface area contributed by atoms with Crippen LogP contribution in [-0.2, 0) is 6.54 Å². The number of hydrogen-bond donors (Lipinski definition) is 1. The van der Waals surface area contributed by atoms with E-state index in [0.717, 1.165) is 48.3 Å². The van der Waals surface area contributed by atoms with Crippen LogP contribution in [0.15, 0.2) is 42.5 Å². The predicted octanol–water partition coefficient (Wildman–Crippen LogP) is 3.28. The van der Waals surface area contributed by atoms with Crippen molar-refractivity contribution in [3.05, 3.63) is 52.2 Å². The van der Waals surface area contributed by atoms with Gasteiger partial charge in [-0.15, -0.1) is 11.3 Å². The molecule has 5 heteroatoms. The summed E-state index contributed by atoms with van der Waals surface area (Å²) >= 11 is 7.31. The van der Waals surface area contributed by atoms with Crippen LogP contribution >= 0.6 is 23.6 Å². The molecule has 1 aliphatic heterocycles. The minimum absolute atomic E-state index is 0.806. The van der Waals surface area contributed by atoms with Gasteiger partial charge in [0, 0.05) is 43.3 Å².